The molecule has 0 heterocycles. The van der Waals surface area contributed by atoms with Gasteiger partial charge in [0.15, 0.2) is 11.6 Å². The van der Waals surface area contributed by atoms with Crippen LogP contribution in [-0.2, 0) is 4.74 Å². The number of hydrogen-bond acceptors (Lipinski definition) is 4. The topological polar surface area (TPSA) is 63.6 Å². The van der Waals surface area contributed by atoms with Crippen LogP contribution < -0.4 is 0 Å². The Labute approximate surface area is 218 Å². The Morgan fingerprint density at radius 2 is 1.25 bits per heavy atom. The van der Waals surface area contributed by atoms with E-state index in [1.807, 2.05) is 48.5 Å². The summed E-state index contributed by atoms with van der Waals surface area (Å²) in [6.07, 6.45) is 10.6. The number of unbranched alkanes of at least 4 members (excludes halogenated alkanes) is 6. The molecule has 36 heavy (non-hydrogen) atoms. The third-order valence-electron chi connectivity index (χ3n) is 6.90. The third-order valence-corrected chi connectivity index (χ3v) is 6.90. The Kier molecular flexibility index (Phi) is 15.0. The Hall–Kier alpha value is -2.30. The summed E-state index contributed by atoms with van der Waals surface area (Å²) in [5.74, 6) is -0.00199. The van der Waals surface area contributed by atoms with Crippen molar-refractivity contribution in [2.75, 3.05) is 6.61 Å². The van der Waals surface area contributed by atoms with Crippen molar-refractivity contribution in [3.8, 4) is 0 Å². The molecule has 0 saturated carbocycles. The lowest BCUT2D eigenvalue weighted by atomic mass is 9.89. The molecule has 0 radical (unpaired) electrons. The Morgan fingerprint density at radius 1 is 0.694 bits per heavy atom. The Morgan fingerprint density at radius 3 is 1.86 bits per heavy atom. The van der Waals surface area contributed by atoms with Gasteiger partial charge in [-0.05, 0) is 25.2 Å². The summed E-state index contributed by atoms with van der Waals surface area (Å²) >= 11 is 0. The van der Waals surface area contributed by atoms with Gasteiger partial charge in [-0.2, -0.15) is 0 Å². The lowest BCUT2D eigenvalue weighted by Gasteiger charge is -2.22. The van der Waals surface area contributed by atoms with Crippen molar-refractivity contribution < 1.29 is 19.4 Å². The Balaban J connectivity index is 1.95. The van der Waals surface area contributed by atoms with Crippen LogP contribution in [0.3, 0.4) is 0 Å². The maximum absolute atomic E-state index is 13.0. The highest BCUT2D eigenvalue weighted by atomic mass is 16.5. The zero-order valence-electron chi connectivity index (χ0n) is 22.4. The number of carbonyl (C=O) groups is 2. The second-order valence-electron chi connectivity index (χ2n) is 9.92. The van der Waals surface area contributed by atoms with Crippen molar-refractivity contribution in [3.05, 3.63) is 71.8 Å². The molecule has 4 heteroatoms. The zero-order chi connectivity index (χ0) is 26.0. The number of hydrogen-bond donors (Lipinski definition) is 1. The molecule has 0 aliphatic carbocycles. The van der Waals surface area contributed by atoms with Crippen LogP contribution in [-0.4, -0.2) is 35.5 Å². The molecule has 0 amide bonds. The molecule has 1 N–H and O–H groups in total. The van der Waals surface area contributed by atoms with Gasteiger partial charge in [0.2, 0.25) is 0 Å². The first-order valence-electron chi connectivity index (χ1n) is 14.0. The second-order valence-corrected chi connectivity index (χ2v) is 9.92. The highest BCUT2D eigenvalue weighted by molar-refractivity contribution is 5.99. The van der Waals surface area contributed by atoms with E-state index in [9.17, 15) is 14.7 Å². The number of benzene rings is 2. The van der Waals surface area contributed by atoms with Gasteiger partial charge >= 0.3 is 0 Å². The molecular formula is C32H46O4. The van der Waals surface area contributed by atoms with Gasteiger partial charge in [0.25, 0.3) is 0 Å². The molecule has 2 aromatic carbocycles. The van der Waals surface area contributed by atoms with Crippen molar-refractivity contribution in [2.24, 2.45) is 5.92 Å². The molecule has 3 unspecified atom stereocenters. The van der Waals surface area contributed by atoms with Gasteiger partial charge in [-0.1, -0.05) is 132 Å². The molecule has 4 nitrogen and oxygen atoms in total. The first-order valence-corrected chi connectivity index (χ1v) is 14.0. The fourth-order valence-corrected chi connectivity index (χ4v) is 4.66. The van der Waals surface area contributed by atoms with Crippen LogP contribution >= 0.6 is 0 Å². The molecular weight excluding hydrogens is 448 g/mol. The van der Waals surface area contributed by atoms with Crippen molar-refractivity contribution in [3.63, 3.8) is 0 Å². The number of aliphatic hydroxyl groups is 1. The summed E-state index contributed by atoms with van der Waals surface area (Å²) < 4.78 is 6.16. The number of ether oxygens (including phenoxy) is 1. The summed E-state index contributed by atoms with van der Waals surface area (Å²) in [6, 6.07) is 18.4. The van der Waals surface area contributed by atoms with E-state index < -0.39 is 12.2 Å². The number of Topliss-reactive ketones (excluding diaryl/α,β-unsaturated/α-hetero) is 2. The van der Waals surface area contributed by atoms with Crippen molar-refractivity contribution in [1.82, 2.24) is 0 Å². The first kappa shape index (κ1) is 29.9. The maximum atomic E-state index is 13.0. The minimum atomic E-state index is -1.01. The van der Waals surface area contributed by atoms with Gasteiger partial charge in [0.05, 0.1) is 0 Å². The lowest BCUT2D eigenvalue weighted by Crippen LogP contribution is -2.27. The van der Waals surface area contributed by atoms with Gasteiger partial charge in [0, 0.05) is 17.7 Å². The fraction of sp³-hybridized carbons (Fsp3) is 0.562. The second kappa shape index (κ2) is 18.0. The predicted octanol–water partition coefficient (Wildman–Crippen LogP) is 7.84. The molecule has 0 fully saturated rings. The molecule has 0 aliphatic heterocycles. The average Bonchev–Trinajstić information content (AvgIpc) is 2.92. The largest absolute Gasteiger partial charge is 0.385 e. The van der Waals surface area contributed by atoms with Crippen molar-refractivity contribution in [2.45, 2.75) is 103 Å². The summed E-state index contributed by atoms with van der Waals surface area (Å²) in [4.78, 5) is 25.8. The lowest BCUT2D eigenvalue weighted by molar-refractivity contribution is 0.0286. The fourth-order valence-electron chi connectivity index (χ4n) is 4.66. The SMILES string of the molecule is CCCCCCCCC(CCOC(CCCC)C(=O)c1ccccc1)CC(O)C(=O)c1ccccc1. The standard InChI is InChI=1S/C32H46O4/c1-3-5-7-8-9-12-17-26(25-29(33)31(34)27-18-13-10-14-19-27)23-24-36-30(22-6-4-2)32(35)28-20-15-11-16-21-28/h10-11,13-16,18-21,26,29-30,33H,3-9,12,17,22-25H2,1-2H3. The van der Waals surface area contributed by atoms with E-state index in [1.54, 1.807) is 12.1 Å². The first-order chi connectivity index (χ1) is 17.6. The molecule has 2 rings (SSSR count). The number of aliphatic hydroxyl groups excluding tert-OH is 1. The van der Waals surface area contributed by atoms with Crippen LogP contribution in [0.4, 0.5) is 0 Å². The number of rotatable bonds is 20. The van der Waals surface area contributed by atoms with E-state index in [0.29, 0.717) is 30.6 Å². The van der Waals surface area contributed by atoms with Crippen LogP contribution in [0, 0.1) is 5.92 Å². The quantitative estimate of drug-likeness (QED) is 0.150. The highest BCUT2D eigenvalue weighted by Crippen LogP contribution is 2.23. The zero-order valence-corrected chi connectivity index (χ0v) is 22.4. The molecule has 198 valence electrons. The summed E-state index contributed by atoms with van der Waals surface area (Å²) in [7, 11) is 0. The molecule has 0 spiro atoms. The summed E-state index contributed by atoms with van der Waals surface area (Å²) in [6.45, 7) is 4.79. The van der Waals surface area contributed by atoms with Crippen LogP contribution in [0.25, 0.3) is 0 Å². The van der Waals surface area contributed by atoms with Gasteiger partial charge in [0.1, 0.15) is 12.2 Å². The van der Waals surface area contributed by atoms with E-state index in [-0.39, 0.29) is 17.5 Å². The van der Waals surface area contributed by atoms with Gasteiger partial charge in [-0.25, -0.2) is 0 Å². The van der Waals surface area contributed by atoms with Gasteiger partial charge in [-0.3, -0.25) is 9.59 Å². The smallest absolute Gasteiger partial charge is 0.191 e. The molecule has 3 atom stereocenters. The molecule has 0 bridgehead atoms. The minimum Gasteiger partial charge on any atom is -0.385 e. The summed E-state index contributed by atoms with van der Waals surface area (Å²) in [5.41, 5.74) is 1.23. The monoisotopic (exact) mass is 494 g/mol. The molecule has 0 saturated heterocycles. The predicted molar refractivity (Wildman–Crippen MR) is 148 cm³/mol. The van der Waals surface area contributed by atoms with E-state index in [2.05, 4.69) is 13.8 Å². The van der Waals surface area contributed by atoms with E-state index in [0.717, 1.165) is 32.1 Å². The van der Waals surface area contributed by atoms with E-state index >= 15 is 0 Å². The van der Waals surface area contributed by atoms with E-state index in [1.165, 1.54) is 32.1 Å². The normalized spacial score (nSPS) is 13.8. The van der Waals surface area contributed by atoms with Gasteiger partial charge in [-0.15, -0.1) is 0 Å². The summed E-state index contributed by atoms with van der Waals surface area (Å²) in [5, 5.41) is 10.7. The average molecular weight is 495 g/mol. The molecule has 0 aliphatic rings. The highest BCUT2D eigenvalue weighted by Gasteiger charge is 2.24. The van der Waals surface area contributed by atoms with Crippen LogP contribution in [0.1, 0.15) is 112 Å². The van der Waals surface area contributed by atoms with Crippen LogP contribution in [0.5, 0.6) is 0 Å². The maximum Gasteiger partial charge on any atom is 0.191 e. The third kappa shape index (κ3) is 11.2. The van der Waals surface area contributed by atoms with Crippen molar-refractivity contribution >= 4 is 11.6 Å². The van der Waals surface area contributed by atoms with Crippen molar-refractivity contribution in [1.29, 1.82) is 0 Å². The molecule has 0 aromatic heterocycles. The minimum absolute atomic E-state index is 0.0378. The number of carbonyl (C=O) groups excluding carboxylic acids is 2. The van der Waals surface area contributed by atoms with E-state index in [4.69, 9.17) is 4.74 Å². The number of ketones is 2. The van der Waals surface area contributed by atoms with Crippen LogP contribution in [0.2, 0.25) is 0 Å². The molecule has 2 aromatic rings. The Bertz CT molecular complexity index is 849. The van der Waals surface area contributed by atoms with Crippen LogP contribution in [0.15, 0.2) is 60.7 Å². The van der Waals surface area contributed by atoms with Gasteiger partial charge < -0.3 is 9.84 Å².